The number of aliphatic imine (C=N–C) groups is 2. The number of hydrogen-bond acceptors (Lipinski definition) is 3. The lowest BCUT2D eigenvalue weighted by Gasteiger charge is -2.65. The second-order valence-corrected chi connectivity index (χ2v) is 10.2. The monoisotopic (exact) mass is 342 g/mol. The van der Waals surface area contributed by atoms with Crippen molar-refractivity contribution in [2.24, 2.45) is 57.3 Å². The van der Waals surface area contributed by atoms with Crippen molar-refractivity contribution >= 4 is 12.8 Å². The minimum atomic E-state index is -0.214. The second kappa shape index (κ2) is 5.78. The van der Waals surface area contributed by atoms with Gasteiger partial charge in [0, 0.05) is 0 Å². The molecule has 0 spiro atoms. The SMILES string of the molecule is C=N[C@@]1(C)CC[C@H]2[C@H]3[C@@H]4[C@H](C[C@@H](C)[C@@](C)(N=C=O)[C@H]4CC[C@@H]31)C[C@@H]2C. The van der Waals surface area contributed by atoms with Gasteiger partial charge in [0.05, 0.1) is 11.1 Å². The Morgan fingerprint density at radius 3 is 2.44 bits per heavy atom. The molecular weight excluding hydrogens is 308 g/mol. The van der Waals surface area contributed by atoms with Gasteiger partial charge < -0.3 is 0 Å². The van der Waals surface area contributed by atoms with E-state index in [1.165, 1.54) is 38.5 Å². The molecule has 0 aromatic heterocycles. The lowest BCUT2D eigenvalue weighted by molar-refractivity contribution is -0.148. The maximum absolute atomic E-state index is 11.2. The van der Waals surface area contributed by atoms with Crippen molar-refractivity contribution in [1.82, 2.24) is 0 Å². The van der Waals surface area contributed by atoms with Crippen LogP contribution in [-0.2, 0) is 4.79 Å². The molecule has 0 aromatic carbocycles. The molecule has 0 bridgehead atoms. The highest BCUT2D eigenvalue weighted by molar-refractivity contribution is 5.36. The second-order valence-electron chi connectivity index (χ2n) is 10.2. The fraction of sp³-hybridized carbons (Fsp3) is 0.909. The van der Waals surface area contributed by atoms with Crippen molar-refractivity contribution in [3.8, 4) is 0 Å². The smallest absolute Gasteiger partial charge is 0.235 e. The molecule has 0 N–H and O–H groups in total. The Morgan fingerprint density at radius 2 is 1.76 bits per heavy atom. The first kappa shape index (κ1) is 17.5. The number of hydrogen-bond donors (Lipinski definition) is 0. The third-order valence-electron chi connectivity index (χ3n) is 9.44. The molecule has 10 atom stereocenters. The van der Waals surface area contributed by atoms with E-state index in [2.05, 4.69) is 44.4 Å². The third kappa shape index (κ3) is 2.27. The summed E-state index contributed by atoms with van der Waals surface area (Å²) < 4.78 is 0. The van der Waals surface area contributed by atoms with Crippen LogP contribution in [0.4, 0.5) is 0 Å². The maximum Gasteiger partial charge on any atom is 0.235 e. The van der Waals surface area contributed by atoms with E-state index in [1.807, 2.05) is 6.08 Å². The Bertz CT molecular complexity index is 611. The van der Waals surface area contributed by atoms with E-state index >= 15 is 0 Å². The predicted molar refractivity (Wildman–Crippen MR) is 101 cm³/mol. The van der Waals surface area contributed by atoms with Crippen LogP contribution in [0.2, 0.25) is 0 Å². The average molecular weight is 343 g/mol. The quantitative estimate of drug-likeness (QED) is 0.519. The molecule has 0 amide bonds. The predicted octanol–water partition coefficient (Wildman–Crippen LogP) is 4.90. The molecule has 3 nitrogen and oxygen atoms in total. The highest BCUT2D eigenvalue weighted by Gasteiger charge is 2.63. The van der Waals surface area contributed by atoms with Gasteiger partial charge in [-0.1, -0.05) is 13.8 Å². The minimum Gasteiger partial charge on any atom is -0.294 e. The Hall–Kier alpha value is -0.950. The first-order valence-corrected chi connectivity index (χ1v) is 10.4. The number of carbonyl (C=O) groups excluding carboxylic acids is 1. The summed E-state index contributed by atoms with van der Waals surface area (Å²) in [7, 11) is 0. The Morgan fingerprint density at radius 1 is 1.04 bits per heavy atom. The van der Waals surface area contributed by atoms with Crippen LogP contribution in [0.1, 0.15) is 66.2 Å². The van der Waals surface area contributed by atoms with Gasteiger partial charge in [-0.15, -0.1) is 0 Å². The molecule has 0 aliphatic heterocycles. The molecule has 4 aliphatic carbocycles. The summed E-state index contributed by atoms with van der Waals surface area (Å²) in [5.74, 6) is 5.65. The largest absolute Gasteiger partial charge is 0.294 e. The summed E-state index contributed by atoms with van der Waals surface area (Å²) in [4.78, 5) is 20.3. The number of rotatable bonds is 2. The van der Waals surface area contributed by atoms with Crippen LogP contribution >= 0.6 is 0 Å². The van der Waals surface area contributed by atoms with E-state index in [9.17, 15) is 4.79 Å². The lowest BCUT2D eigenvalue weighted by atomic mass is 9.40. The molecular formula is C22H34N2O. The molecule has 138 valence electrons. The Balaban J connectivity index is 1.79. The molecule has 0 heterocycles. The van der Waals surface area contributed by atoms with Crippen LogP contribution in [0, 0.1) is 47.3 Å². The fourth-order valence-electron chi connectivity index (χ4n) is 8.02. The number of nitrogens with zero attached hydrogens (tertiary/aromatic N) is 2. The standard InChI is InChI=1S/C22H34N2O/c1-13-10-15-11-14(2)22(4,24-12-25)18-7-6-17-20(19(15)18)16(13)8-9-21(17,3)23-5/h13-20H,5-11H2,1-4H3/t13-,14+,15-,16+,17-,18-,19+,20+,21-,22+/m0/s1. The van der Waals surface area contributed by atoms with E-state index in [-0.39, 0.29) is 11.1 Å². The molecule has 0 radical (unpaired) electrons. The topological polar surface area (TPSA) is 41.8 Å². The van der Waals surface area contributed by atoms with Crippen molar-refractivity contribution in [1.29, 1.82) is 0 Å². The lowest BCUT2D eigenvalue weighted by Crippen LogP contribution is -2.63. The van der Waals surface area contributed by atoms with Gasteiger partial charge in [0.25, 0.3) is 0 Å². The van der Waals surface area contributed by atoms with Crippen LogP contribution in [-0.4, -0.2) is 23.9 Å². The van der Waals surface area contributed by atoms with E-state index in [1.54, 1.807) is 0 Å². The van der Waals surface area contributed by atoms with Crippen LogP contribution in [0.3, 0.4) is 0 Å². The average Bonchev–Trinajstić information content (AvgIpc) is 2.59. The highest BCUT2D eigenvalue weighted by atomic mass is 16.1. The molecule has 4 aliphatic rings. The van der Waals surface area contributed by atoms with Gasteiger partial charge in [-0.05, 0) is 106 Å². The highest BCUT2D eigenvalue weighted by Crippen LogP contribution is 2.66. The molecule has 0 saturated heterocycles. The van der Waals surface area contributed by atoms with Crippen LogP contribution in [0.25, 0.3) is 0 Å². The van der Waals surface area contributed by atoms with Crippen molar-refractivity contribution in [3.05, 3.63) is 0 Å². The number of isocyanates is 1. The first-order chi connectivity index (χ1) is 11.9. The molecule has 0 unspecified atom stereocenters. The molecule has 4 saturated carbocycles. The van der Waals surface area contributed by atoms with Crippen molar-refractivity contribution < 1.29 is 4.79 Å². The molecule has 3 heteroatoms. The van der Waals surface area contributed by atoms with Gasteiger partial charge in [-0.2, -0.15) is 4.99 Å². The molecule has 4 fully saturated rings. The van der Waals surface area contributed by atoms with Crippen molar-refractivity contribution in [2.45, 2.75) is 77.3 Å². The third-order valence-corrected chi connectivity index (χ3v) is 9.44. The normalized spacial score (nSPS) is 57.1. The van der Waals surface area contributed by atoms with Gasteiger partial charge in [-0.25, -0.2) is 4.79 Å². The van der Waals surface area contributed by atoms with Gasteiger partial charge in [0.1, 0.15) is 0 Å². The zero-order valence-corrected chi connectivity index (χ0v) is 16.4. The molecule has 25 heavy (non-hydrogen) atoms. The summed E-state index contributed by atoms with van der Waals surface area (Å²) in [6.07, 6.45) is 9.47. The zero-order chi connectivity index (χ0) is 18.0. The zero-order valence-electron chi connectivity index (χ0n) is 16.4. The summed E-state index contributed by atoms with van der Waals surface area (Å²) in [6.45, 7) is 13.4. The van der Waals surface area contributed by atoms with Crippen LogP contribution in [0.15, 0.2) is 9.98 Å². The summed E-state index contributed by atoms with van der Waals surface area (Å²) in [6, 6.07) is 0. The van der Waals surface area contributed by atoms with E-state index < -0.39 is 0 Å². The van der Waals surface area contributed by atoms with E-state index in [0.717, 1.165) is 29.6 Å². The summed E-state index contributed by atoms with van der Waals surface area (Å²) in [5.41, 5.74) is -0.157. The van der Waals surface area contributed by atoms with Crippen LogP contribution < -0.4 is 0 Å². The van der Waals surface area contributed by atoms with Gasteiger partial charge in [0.15, 0.2) is 0 Å². The van der Waals surface area contributed by atoms with E-state index in [4.69, 9.17) is 0 Å². The fourth-order valence-corrected chi connectivity index (χ4v) is 8.02. The van der Waals surface area contributed by atoms with Crippen LogP contribution in [0.5, 0.6) is 0 Å². The summed E-state index contributed by atoms with van der Waals surface area (Å²) in [5, 5.41) is 0. The van der Waals surface area contributed by atoms with Gasteiger partial charge >= 0.3 is 0 Å². The Labute approximate surface area is 152 Å². The van der Waals surface area contributed by atoms with Gasteiger partial charge in [0.2, 0.25) is 6.08 Å². The molecule has 0 aromatic rings. The van der Waals surface area contributed by atoms with E-state index in [0.29, 0.717) is 17.8 Å². The van der Waals surface area contributed by atoms with Gasteiger partial charge in [-0.3, -0.25) is 4.99 Å². The summed E-state index contributed by atoms with van der Waals surface area (Å²) >= 11 is 0. The maximum atomic E-state index is 11.2. The minimum absolute atomic E-state index is 0.0567. The van der Waals surface area contributed by atoms with Crippen molar-refractivity contribution in [2.75, 3.05) is 0 Å². The Kier molecular flexibility index (Phi) is 4.03. The van der Waals surface area contributed by atoms with Crippen molar-refractivity contribution in [3.63, 3.8) is 0 Å². The first-order valence-electron chi connectivity index (χ1n) is 10.4. The molecule has 4 rings (SSSR count).